The minimum atomic E-state index is -3.73. The van der Waals surface area contributed by atoms with E-state index in [9.17, 15) is 13.2 Å². The first-order valence-corrected chi connectivity index (χ1v) is 10.3. The maximum absolute atomic E-state index is 12.8. The van der Waals surface area contributed by atoms with E-state index in [1.54, 1.807) is 49.6 Å². The summed E-state index contributed by atoms with van der Waals surface area (Å²) >= 11 is 0. The number of ether oxygens (including phenoxy) is 1. The molecule has 0 aromatic heterocycles. The van der Waals surface area contributed by atoms with Crippen LogP contribution in [0.4, 0.5) is 5.69 Å². The van der Waals surface area contributed by atoms with Crippen LogP contribution in [0.2, 0.25) is 0 Å². The molecule has 0 aliphatic heterocycles. The van der Waals surface area contributed by atoms with Gasteiger partial charge in [-0.25, -0.2) is 8.42 Å². The number of amides is 1. The molecular weight excluding hydrogens is 376 g/mol. The number of anilines is 1. The number of nitrogens with one attached hydrogen (secondary N) is 2. The molecule has 0 heterocycles. The summed E-state index contributed by atoms with van der Waals surface area (Å²) in [5.41, 5.74) is 1.24. The molecule has 2 N–H and O–H groups in total. The summed E-state index contributed by atoms with van der Waals surface area (Å²) in [6.07, 6.45) is 0.222. The third-order valence-electron chi connectivity index (χ3n) is 4.24. The fourth-order valence-corrected chi connectivity index (χ4v) is 4.16. The summed E-state index contributed by atoms with van der Waals surface area (Å²) in [5.74, 6) is -0.110. The molecule has 0 aliphatic carbocycles. The normalized spacial score (nSPS) is 11.3. The first kappa shape index (κ1) is 19.9. The van der Waals surface area contributed by atoms with Gasteiger partial charge in [-0.05, 0) is 29.1 Å². The van der Waals surface area contributed by atoms with Crippen LogP contribution in [0.15, 0.2) is 71.6 Å². The molecule has 0 fully saturated rings. The van der Waals surface area contributed by atoms with E-state index in [-0.39, 0.29) is 17.2 Å². The molecule has 0 unspecified atom stereocenters. The summed E-state index contributed by atoms with van der Waals surface area (Å²) in [5, 5.41) is 4.28. The monoisotopic (exact) mass is 398 g/mol. The van der Waals surface area contributed by atoms with Gasteiger partial charge in [0.05, 0.1) is 17.9 Å². The van der Waals surface area contributed by atoms with Gasteiger partial charge in [-0.1, -0.05) is 48.5 Å². The van der Waals surface area contributed by atoms with Gasteiger partial charge >= 0.3 is 0 Å². The van der Waals surface area contributed by atoms with E-state index >= 15 is 0 Å². The number of methoxy groups -OCH3 is 1. The maximum Gasteiger partial charge on any atom is 0.262 e. The number of benzene rings is 3. The van der Waals surface area contributed by atoms with E-state index in [0.29, 0.717) is 24.2 Å². The fraction of sp³-hybridized carbons (Fsp3) is 0.190. The van der Waals surface area contributed by atoms with Crippen LogP contribution < -0.4 is 10.0 Å². The summed E-state index contributed by atoms with van der Waals surface area (Å²) in [7, 11) is -2.16. The predicted octanol–water partition coefficient (Wildman–Crippen LogP) is 2.95. The summed E-state index contributed by atoms with van der Waals surface area (Å²) in [6, 6.07) is 19.3. The van der Waals surface area contributed by atoms with Crippen LogP contribution in [0, 0.1) is 0 Å². The summed E-state index contributed by atoms with van der Waals surface area (Å²) in [4.78, 5) is 12.1. The third-order valence-corrected chi connectivity index (χ3v) is 5.68. The molecule has 28 heavy (non-hydrogen) atoms. The van der Waals surface area contributed by atoms with Gasteiger partial charge in [-0.3, -0.25) is 9.52 Å². The van der Waals surface area contributed by atoms with Crippen LogP contribution in [0.5, 0.6) is 0 Å². The van der Waals surface area contributed by atoms with E-state index in [1.165, 1.54) is 0 Å². The first-order valence-electron chi connectivity index (χ1n) is 8.85. The second kappa shape index (κ2) is 8.86. The fourth-order valence-electron chi connectivity index (χ4n) is 2.87. The molecular formula is C21H22N2O4S. The molecule has 0 saturated heterocycles. The van der Waals surface area contributed by atoms with Crippen molar-refractivity contribution in [1.29, 1.82) is 0 Å². The molecule has 3 aromatic rings. The number of hydrogen-bond acceptors (Lipinski definition) is 4. The van der Waals surface area contributed by atoms with Crippen LogP contribution in [0.1, 0.15) is 5.56 Å². The minimum absolute atomic E-state index is 0.110. The summed E-state index contributed by atoms with van der Waals surface area (Å²) in [6.45, 7) is 0.916. The van der Waals surface area contributed by atoms with Gasteiger partial charge in [-0.15, -0.1) is 0 Å². The van der Waals surface area contributed by atoms with Crippen molar-refractivity contribution >= 4 is 32.4 Å². The lowest BCUT2D eigenvalue weighted by atomic mass is 10.1. The molecule has 1 amide bonds. The molecule has 0 atom stereocenters. The van der Waals surface area contributed by atoms with E-state index in [0.717, 1.165) is 10.9 Å². The lowest BCUT2D eigenvalue weighted by Gasteiger charge is -2.11. The highest BCUT2D eigenvalue weighted by Crippen LogP contribution is 2.25. The minimum Gasteiger partial charge on any atom is -0.383 e. The zero-order valence-corrected chi connectivity index (χ0v) is 16.3. The van der Waals surface area contributed by atoms with Crippen molar-refractivity contribution in [2.24, 2.45) is 0 Å². The number of sulfonamides is 1. The average Bonchev–Trinajstić information content (AvgIpc) is 2.69. The molecule has 146 valence electrons. The lowest BCUT2D eigenvalue weighted by molar-refractivity contribution is -0.120. The van der Waals surface area contributed by atoms with Gasteiger partial charge in [0.15, 0.2) is 0 Å². The Kier molecular flexibility index (Phi) is 6.28. The van der Waals surface area contributed by atoms with E-state index < -0.39 is 10.0 Å². The van der Waals surface area contributed by atoms with Crippen molar-refractivity contribution in [1.82, 2.24) is 5.32 Å². The average molecular weight is 398 g/mol. The maximum atomic E-state index is 12.8. The quantitative estimate of drug-likeness (QED) is 0.572. The largest absolute Gasteiger partial charge is 0.383 e. The highest BCUT2D eigenvalue weighted by molar-refractivity contribution is 7.93. The molecule has 7 heteroatoms. The SMILES string of the molecule is COCCNC(=O)Cc1ccc(NS(=O)(=O)c2cccc3ccccc23)cc1. The summed E-state index contributed by atoms with van der Waals surface area (Å²) < 4.78 is 33.2. The standard InChI is InChI=1S/C21H22N2O4S/c1-27-14-13-22-21(24)15-16-9-11-18(12-10-16)23-28(25,26)20-8-4-6-17-5-2-3-7-19(17)20/h2-12,23H,13-15H2,1H3,(H,22,24). The molecule has 0 aliphatic rings. The van der Waals surface area contributed by atoms with Crippen molar-refractivity contribution < 1.29 is 17.9 Å². The third kappa shape index (κ3) is 4.88. The van der Waals surface area contributed by atoms with Crippen molar-refractivity contribution in [2.45, 2.75) is 11.3 Å². The Hall–Kier alpha value is -2.90. The lowest BCUT2D eigenvalue weighted by Crippen LogP contribution is -2.28. The van der Waals surface area contributed by atoms with Crippen molar-refractivity contribution in [2.75, 3.05) is 25.0 Å². The van der Waals surface area contributed by atoms with Gasteiger partial charge in [0, 0.05) is 24.7 Å². The number of rotatable bonds is 8. The molecule has 3 aromatic carbocycles. The Morgan fingerprint density at radius 3 is 2.43 bits per heavy atom. The second-order valence-corrected chi connectivity index (χ2v) is 7.95. The van der Waals surface area contributed by atoms with Gasteiger partial charge < -0.3 is 10.1 Å². The van der Waals surface area contributed by atoms with Gasteiger partial charge in [0.25, 0.3) is 10.0 Å². The Balaban J connectivity index is 1.72. The predicted molar refractivity (Wildman–Crippen MR) is 110 cm³/mol. The van der Waals surface area contributed by atoms with Crippen molar-refractivity contribution in [3.05, 3.63) is 72.3 Å². The Morgan fingerprint density at radius 2 is 1.68 bits per heavy atom. The van der Waals surface area contributed by atoms with Crippen LogP contribution in [0.25, 0.3) is 10.8 Å². The topological polar surface area (TPSA) is 84.5 Å². The molecule has 0 bridgehead atoms. The van der Waals surface area contributed by atoms with Gasteiger partial charge in [0.1, 0.15) is 0 Å². The molecule has 3 rings (SSSR count). The second-order valence-electron chi connectivity index (χ2n) is 6.30. The Bertz CT molecular complexity index is 1060. The van der Waals surface area contributed by atoms with Crippen LogP contribution in [-0.4, -0.2) is 34.6 Å². The van der Waals surface area contributed by atoms with E-state index in [2.05, 4.69) is 10.0 Å². The number of fused-ring (bicyclic) bond motifs is 1. The van der Waals surface area contributed by atoms with Crippen molar-refractivity contribution in [3.8, 4) is 0 Å². The zero-order chi connectivity index (χ0) is 20.0. The molecule has 0 spiro atoms. The van der Waals surface area contributed by atoms with Gasteiger partial charge in [0.2, 0.25) is 5.91 Å². The van der Waals surface area contributed by atoms with Crippen LogP contribution in [0.3, 0.4) is 0 Å². The zero-order valence-electron chi connectivity index (χ0n) is 15.5. The molecule has 0 saturated carbocycles. The first-order chi connectivity index (χ1) is 13.5. The smallest absolute Gasteiger partial charge is 0.262 e. The number of carbonyl (C=O) groups is 1. The van der Waals surface area contributed by atoms with Crippen LogP contribution in [-0.2, 0) is 26.0 Å². The Labute approximate surface area is 164 Å². The van der Waals surface area contributed by atoms with E-state index in [1.807, 2.05) is 24.3 Å². The number of carbonyl (C=O) groups excluding carboxylic acids is 1. The number of hydrogen-bond donors (Lipinski definition) is 2. The molecule has 6 nitrogen and oxygen atoms in total. The molecule has 0 radical (unpaired) electrons. The Morgan fingerprint density at radius 1 is 0.964 bits per heavy atom. The highest BCUT2D eigenvalue weighted by Gasteiger charge is 2.17. The highest BCUT2D eigenvalue weighted by atomic mass is 32.2. The van der Waals surface area contributed by atoms with Crippen molar-refractivity contribution in [3.63, 3.8) is 0 Å². The van der Waals surface area contributed by atoms with Gasteiger partial charge in [-0.2, -0.15) is 0 Å². The van der Waals surface area contributed by atoms with Crippen LogP contribution >= 0.6 is 0 Å². The van der Waals surface area contributed by atoms with E-state index in [4.69, 9.17) is 4.74 Å².